The standard InChI is InChI=1S/C22H25FN2O4/c1-29-19-8-4-17(5-9-19)22(28)25-14-12-24(13-15-25)20(10-11-21(26)27)16-2-6-18(23)7-3-16/h2-9,20H,10-15H2,1H3,(H,26,27)/t20-/m1/s1. The number of piperazine rings is 1. The summed E-state index contributed by atoms with van der Waals surface area (Å²) in [5.41, 5.74) is 1.50. The van der Waals surface area contributed by atoms with E-state index in [0.29, 0.717) is 43.9 Å². The highest BCUT2D eigenvalue weighted by Gasteiger charge is 2.28. The van der Waals surface area contributed by atoms with Gasteiger partial charge in [0.2, 0.25) is 0 Å². The highest BCUT2D eigenvalue weighted by Crippen LogP contribution is 2.27. The maximum Gasteiger partial charge on any atom is 0.303 e. The quantitative estimate of drug-likeness (QED) is 0.773. The normalized spacial score (nSPS) is 15.7. The Hall–Kier alpha value is -2.93. The van der Waals surface area contributed by atoms with Gasteiger partial charge in [0.25, 0.3) is 5.91 Å². The molecule has 154 valence electrons. The molecule has 1 aliphatic heterocycles. The minimum Gasteiger partial charge on any atom is -0.497 e. The summed E-state index contributed by atoms with van der Waals surface area (Å²) < 4.78 is 18.4. The molecule has 0 saturated carbocycles. The lowest BCUT2D eigenvalue weighted by Gasteiger charge is -2.39. The molecule has 0 spiro atoms. The van der Waals surface area contributed by atoms with E-state index in [1.807, 2.05) is 0 Å². The number of aliphatic carboxylic acids is 1. The molecule has 7 heteroatoms. The number of carboxylic acids is 1. The lowest BCUT2D eigenvalue weighted by Crippen LogP contribution is -2.49. The van der Waals surface area contributed by atoms with Crippen LogP contribution in [-0.2, 0) is 4.79 Å². The first-order valence-electron chi connectivity index (χ1n) is 9.62. The van der Waals surface area contributed by atoms with Gasteiger partial charge in [-0.05, 0) is 48.4 Å². The van der Waals surface area contributed by atoms with Crippen molar-refractivity contribution in [3.63, 3.8) is 0 Å². The van der Waals surface area contributed by atoms with Gasteiger partial charge in [0, 0.05) is 44.2 Å². The summed E-state index contributed by atoms with van der Waals surface area (Å²) in [7, 11) is 1.58. The summed E-state index contributed by atoms with van der Waals surface area (Å²) in [6.45, 7) is 2.36. The maximum atomic E-state index is 13.3. The fourth-order valence-electron chi connectivity index (χ4n) is 3.66. The van der Waals surface area contributed by atoms with E-state index in [0.717, 1.165) is 5.56 Å². The van der Waals surface area contributed by atoms with Crippen molar-refractivity contribution >= 4 is 11.9 Å². The second kappa shape index (κ2) is 9.52. The van der Waals surface area contributed by atoms with Gasteiger partial charge >= 0.3 is 5.97 Å². The fraction of sp³-hybridized carbons (Fsp3) is 0.364. The first kappa shape index (κ1) is 20.8. The van der Waals surface area contributed by atoms with Crippen LogP contribution in [-0.4, -0.2) is 60.1 Å². The molecule has 2 aromatic carbocycles. The molecule has 3 rings (SSSR count). The molecule has 1 atom stereocenters. The minimum absolute atomic E-state index is 0.0313. The monoisotopic (exact) mass is 400 g/mol. The lowest BCUT2D eigenvalue weighted by molar-refractivity contribution is -0.137. The molecule has 6 nitrogen and oxygen atoms in total. The van der Waals surface area contributed by atoms with Crippen molar-refractivity contribution in [3.05, 3.63) is 65.5 Å². The molecule has 0 unspecified atom stereocenters. The van der Waals surface area contributed by atoms with Crippen LogP contribution in [0.25, 0.3) is 0 Å². The van der Waals surface area contributed by atoms with Gasteiger partial charge in [-0.3, -0.25) is 14.5 Å². The van der Waals surface area contributed by atoms with Crippen LogP contribution in [0, 0.1) is 5.82 Å². The van der Waals surface area contributed by atoms with E-state index < -0.39 is 5.97 Å². The van der Waals surface area contributed by atoms with E-state index in [-0.39, 0.29) is 24.2 Å². The molecule has 0 aliphatic carbocycles. The predicted molar refractivity (Wildman–Crippen MR) is 106 cm³/mol. The minimum atomic E-state index is -0.856. The molecule has 1 amide bonds. The van der Waals surface area contributed by atoms with Crippen molar-refractivity contribution in [2.45, 2.75) is 18.9 Å². The topological polar surface area (TPSA) is 70.1 Å². The van der Waals surface area contributed by atoms with Crippen molar-refractivity contribution in [1.82, 2.24) is 9.80 Å². The smallest absolute Gasteiger partial charge is 0.303 e. The second-order valence-electron chi connectivity index (χ2n) is 7.06. The third kappa shape index (κ3) is 5.32. The molecular formula is C22H25FN2O4. The highest BCUT2D eigenvalue weighted by molar-refractivity contribution is 5.94. The van der Waals surface area contributed by atoms with Crippen molar-refractivity contribution < 1.29 is 23.8 Å². The zero-order valence-corrected chi connectivity index (χ0v) is 16.4. The average Bonchev–Trinajstić information content (AvgIpc) is 2.75. The van der Waals surface area contributed by atoms with Crippen molar-refractivity contribution in [2.75, 3.05) is 33.3 Å². The van der Waals surface area contributed by atoms with Crippen LogP contribution in [0.15, 0.2) is 48.5 Å². The summed E-state index contributed by atoms with van der Waals surface area (Å²) >= 11 is 0. The Balaban J connectivity index is 1.66. The predicted octanol–water partition coefficient (Wildman–Crippen LogP) is 3.20. The number of carboxylic acid groups (broad SMARTS) is 1. The molecule has 1 fully saturated rings. The van der Waals surface area contributed by atoms with Gasteiger partial charge in [0.15, 0.2) is 0 Å². The molecule has 1 aliphatic rings. The fourth-order valence-corrected chi connectivity index (χ4v) is 3.66. The van der Waals surface area contributed by atoms with Crippen molar-refractivity contribution in [2.24, 2.45) is 0 Å². The third-order valence-electron chi connectivity index (χ3n) is 5.27. The van der Waals surface area contributed by atoms with Crippen molar-refractivity contribution in [1.29, 1.82) is 0 Å². The number of hydrogen-bond acceptors (Lipinski definition) is 4. The SMILES string of the molecule is COc1ccc(C(=O)N2CCN([C@H](CCC(=O)O)c3ccc(F)cc3)CC2)cc1. The Bertz CT molecular complexity index is 831. The molecular weight excluding hydrogens is 375 g/mol. The summed E-state index contributed by atoms with van der Waals surface area (Å²) in [5.74, 6) is -0.505. The number of nitrogens with zero attached hydrogens (tertiary/aromatic N) is 2. The van der Waals surface area contributed by atoms with Crippen LogP contribution < -0.4 is 4.74 Å². The molecule has 0 radical (unpaired) electrons. The third-order valence-corrected chi connectivity index (χ3v) is 5.27. The zero-order chi connectivity index (χ0) is 20.8. The number of benzene rings is 2. The summed E-state index contributed by atoms with van der Waals surface area (Å²) in [4.78, 5) is 27.8. The Labute approximate surface area is 169 Å². The van der Waals surface area contributed by atoms with Crippen LogP contribution in [0.4, 0.5) is 4.39 Å². The van der Waals surface area contributed by atoms with E-state index in [4.69, 9.17) is 9.84 Å². The van der Waals surface area contributed by atoms with E-state index >= 15 is 0 Å². The van der Waals surface area contributed by atoms with E-state index in [9.17, 15) is 14.0 Å². The van der Waals surface area contributed by atoms with Crippen LogP contribution in [0.3, 0.4) is 0 Å². The van der Waals surface area contributed by atoms with Gasteiger partial charge in [0.1, 0.15) is 11.6 Å². The van der Waals surface area contributed by atoms with Crippen LogP contribution >= 0.6 is 0 Å². The molecule has 2 aromatic rings. The number of ether oxygens (including phenoxy) is 1. The largest absolute Gasteiger partial charge is 0.497 e. The van der Waals surface area contributed by atoms with Crippen LogP contribution in [0.2, 0.25) is 0 Å². The number of halogens is 1. The number of amides is 1. The summed E-state index contributed by atoms with van der Waals surface area (Å²) in [5, 5.41) is 9.09. The Morgan fingerprint density at radius 1 is 1.03 bits per heavy atom. The molecule has 29 heavy (non-hydrogen) atoms. The van der Waals surface area contributed by atoms with Gasteiger partial charge in [-0.2, -0.15) is 0 Å². The number of carbonyl (C=O) groups excluding carboxylic acids is 1. The number of rotatable bonds is 7. The van der Waals surface area contributed by atoms with Gasteiger partial charge < -0.3 is 14.7 Å². The number of carbonyl (C=O) groups is 2. The summed E-state index contributed by atoms with van der Waals surface area (Å²) in [6, 6.07) is 13.1. The maximum absolute atomic E-state index is 13.3. The van der Waals surface area contributed by atoms with Crippen LogP contribution in [0.1, 0.15) is 34.8 Å². The first-order valence-corrected chi connectivity index (χ1v) is 9.62. The summed E-state index contributed by atoms with van der Waals surface area (Å²) in [6.07, 6.45) is 0.473. The Kier molecular flexibility index (Phi) is 6.82. The molecule has 0 aromatic heterocycles. The second-order valence-corrected chi connectivity index (χ2v) is 7.06. The van der Waals surface area contributed by atoms with E-state index in [1.165, 1.54) is 12.1 Å². The molecule has 1 heterocycles. The van der Waals surface area contributed by atoms with E-state index in [1.54, 1.807) is 48.4 Å². The van der Waals surface area contributed by atoms with Crippen LogP contribution in [0.5, 0.6) is 5.75 Å². The first-order chi connectivity index (χ1) is 14.0. The Morgan fingerprint density at radius 2 is 1.66 bits per heavy atom. The molecule has 1 saturated heterocycles. The van der Waals surface area contributed by atoms with Gasteiger partial charge in [-0.15, -0.1) is 0 Å². The van der Waals surface area contributed by atoms with Gasteiger partial charge in [-0.1, -0.05) is 12.1 Å². The molecule has 0 bridgehead atoms. The average molecular weight is 400 g/mol. The zero-order valence-electron chi connectivity index (χ0n) is 16.4. The lowest BCUT2D eigenvalue weighted by atomic mass is 9.99. The van der Waals surface area contributed by atoms with E-state index in [2.05, 4.69) is 4.90 Å². The highest BCUT2D eigenvalue weighted by atomic mass is 19.1. The van der Waals surface area contributed by atoms with Gasteiger partial charge in [-0.25, -0.2) is 4.39 Å². The van der Waals surface area contributed by atoms with Gasteiger partial charge in [0.05, 0.1) is 7.11 Å². The number of methoxy groups -OCH3 is 1. The Morgan fingerprint density at radius 3 is 2.21 bits per heavy atom. The molecule has 1 N–H and O–H groups in total. The number of hydrogen-bond donors (Lipinski definition) is 1. The van der Waals surface area contributed by atoms with Crippen molar-refractivity contribution in [3.8, 4) is 5.75 Å².